The second-order valence-corrected chi connectivity index (χ2v) is 44.1. The van der Waals surface area contributed by atoms with E-state index in [0.717, 1.165) is 39.3 Å². The predicted molar refractivity (Wildman–Crippen MR) is 491 cm³/mol. The number of carbonyl (C=O) groups excluding carboxylic acids is 4. The lowest BCUT2D eigenvalue weighted by Crippen LogP contribution is -2.31. The van der Waals surface area contributed by atoms with Crippen molar-refractivity contribution in [2.24, 2.45) is 5.92 Å². The summed E-state index contributed by atoms with van der Waals surface area (Å²) in [7, 11) is -36.4. The molecular formula is C86H109N5O32S9. The fourth-order valence-corrected chi connectivity index (χ4v) is 20.4. The maximum absolute atomic E-state index is 13.7. The molecule has 132 heavy (non-hydrogen) atoms. The number of aryl methyl sites for hydroxylation is 1. The topological polar surface area (TPSA) is 588 Å². The molecule has 724 valence electrons. The molecule has 10 rings (SSSR count). The van der Waals surface area contributed by atoms with Crippen LogP contribution in [0.4, 0.5) is 22.7 Å². The van der Waals surface area contributed by atoms with Crippen LogP contribution in [-0.2, 0) is 124 Å². The Balaban J connectivity index is 0.000000367. The number of allylic oxidation sites excluding steroid dienone is 8. The Morgan fingerprint density at radius 1 is 0.508 bits per heavy atom. The lowest BCUT2D eigenvalue weighted by molar-refractivity contribution is -0.438. The number of Topliss-reactive ketones (excluding diaryl/α,β-unsaturated/α-hetero) is 2. The van der Waals surface area contributed by atoms with Gasteiger partial charge >= 0.3 is 37.8 Å². The lowest BCUT2D eigenvalue weighted by Gasteiger charge is -2.31. The van der Waals surface area contributed by atoms with Crippen molar-refractivity contribution in [1.29, 1.82) is 0 Å². The Bertz CT molecular complexity index is 6740. The SMILES string of the molecule is CCCC(=O)c1cc(C(=O)NCC)cc2c1C(C)(C)C(=CC=CC1=[N+](CCCS(=O)(=O)O)c3cccc(C(=O)C(C)C)c3C1(C)C)N2CCCS(=O)(=O)[O-].Cc1cc(S(=O)(=O)O)cc2c3c(ccc12)[N+](CCCCCC(=O)OC(C)C)=C(C=CC=C1N(CCCS(=O)(=O)[O-])c2ccc4ccc(S(=O)(=O)O)cc4c2C1(C)CCCS(=O)(=O)O)C3(C)C.O=S(=O)=O.O=S(=O)=O.O=S(=O)=O. The van der Waals surface area contributed by atoms with Gasteiger partial charge in [0.15, 0.2) is 23.0 Å². The first-order valence-electron chi connectivity index (χ1n) is 41.5. The molecule has 1 unspecified atom stereocenters. The second-order valence-electron chi connectivity index (χ2n) is 33.9. The maximum atomic E-state index is 13.7. The highest BCUT2D eigenvalue weighted by molar-refractivity contribution is 7.87. The second kappa shape index (κ2) is 45.1. The number of unbranched alkanes of at least 4 members (excludes halogenated alkanes) is 2. The fourth-order valence-electron chi connectivity index (χ4n) is 17.3. The van der Waals surface area contributed by atoms with E-state index in [-0.39, 0.29) is 115 Å². The summed E-state index contributed by atoms with van der Waals surface area (Å²) >= 11 is 0. The average molecular weight is 2010 g/mol. The van der Waals surface area contributed by atoms with E-state index in [2.05, 4.69) is 9.89 Å². The molecule has 0 saturated carbocycles. The average Bonchev–Trinajstić information content (AvgIpc) is 1.60. The van der Waals surface area contributed by atoms with Crippen LogP contribution in [0.1, 0.15) is 220 Å². The van der Waals surface area contributed by atoms with Gasteiger partial charge in [-0.2, -0.15) is 42.8 Å². The molecule has 0 saturated heterocycles. The highest BCUT2D eigenvalue weighted by Crippen LogP contribution is 2.55. The van der Waals surface area contributed by atoms with Gasteiger partial charge in [-0.05, 0) is 206 Å². The van der Waals surface area contributed by atoms with Crippen LogP contribution in [0.3, 0.4) is 0 Å². The van der Waals surface area contributed by atoms with Gasteiger partial charge in [0.1, 0.15) is 13.1 Å². The van der Waals surface area contributed by atoms with Crippen molar-refractivity contribution in [2.45, 2.75) is 205 Å². The molecule has 37 nitrogen and oxygen atoms in total. The standard InChI is InChI=1S/C46H56N2O14S4.C40H53N3O9S2.3O3S/c1-30(2)62-42(49)15-8-7-9-23-47-38-21-19-35-31(3)27-34(66(59,60)61)29-37(35)43(38)45(4,5)40(47)13-10-14-41-46(6,22-11-25-63(50,51)52)44-36-28-33(65(56,57)58)18-16-32(36)17-20-39(44)48(41)24-12-26-64(53,54)55;1-9-15-32(44)29-24-27(38(46)41-10-2)25-31-36(29)40(7,8)34(43(31)21-14-23-54(50,51)52)19-12-18-33-39(5,6)35-28(37(45)26(3)4)16-11-17-30(35)42(33)20-13-22-53(47,48)49;3*1-4(2)3/h10,13-14,16-21,27-30H,7-9,11-12,15,22-26H2,1-6H3,(H3-,50,51,52,53,54,55,56,57,58,59,60,61);11-12,16-19,24-26H,9-10,13-15,20-23H2,1-8H3,(H2-,41,46,47,48,49,50,51,52);;;. The molecule has 4 aliphatic rings. The number of ketones is 2. The summed E-state index contributed by atoms with van der Waals surface area (Å²) in [5, 5.41) is 5.22. The summed E-state index contributed by atoms with van der Waals surface area (Å²) in [5.74, 6) is -3.37. The van der Waals surface area contributed by atoms with Crippen LogP contribution in [0.15, 0.2) is 143 Å². The molecule has 4 heterocycles. The smallest absolute Gasteiger partial charge is 0.425 e. The minimum atomic E-state index is -4.67. The summed E-state index contributed by atoms with van der Waals surface area (Å²) in [4.78, 5) is 55.6. The number of rotatable bonds is 36. The molecule has 1 amide bonds. The first kappa shape index (κ1) is 111. The number of fused-ring (bicyclic) bond motifs is 8. The third-order valence-electron chi connectivity index (χ3n) is 22.5. The summed E-state index contributed by atoms with van der Waals surface area (Å²) in [6.45, 7) is 27.7. The highest BCUT2D eigenvalue weighted by atomic mass is 32.2. The molecule has 46 heteroatoms. The molecule has 6 aromatic rings. The van der Waals surface area contributed by atoms with Gasteiger partial charge in [0.05, 0.1) is 64.0 Å². The zero-order valence-corrected chi connectivity index (χ0v) is 82.4. The van der Waals surface area contributed by atoms with Crippen molar-refractivity contribution >= 4 is 172 Å². The van der Waals surface area contributed by atoms with Crippen molar-refractivity contribution in [1.82, 2.24) is 5.32 Å². The highest BCUT2D eigenvalue weighted by Gasteiger charge is 2.50. The van der Waals surface area contributed by atoms with Crippen molar-refractivity contribution < 1.29 is 149 Å². The first-order valence-corrected chi connectivity index (χ1v) is 53.7. The number of amides is 1. The minimum Gasteiger partial charge on any atom is -0.748 e. The molecule has 0 radical (unpaired) electrons. The molecule has 5 N–H and O–H groups in total. The number of hydrogen-bond acceptors (Lipinski definition) is 30. The van der Waals surface area contributed by atoms with E-state index in [1.165, 1.54) is 30.3 Å². The van der Waals surface area contributed by atoms with Gasteiger partial charge in [0.2, 0.25) is 11.4 Å². The quantitative estimate of drug-likeness (QED) is 0.00802. The van der Waals surface area contributed by atoms with Crippen LogP contribution in [-0.4, -0.2) is 222 Å². The van der Waals surface area contributed by atoms with Crippen LogP contribution in [0, 0.1) is 12.8 Å². The molecule has 1 atom stereocenters. The van der Waals surface area contributed by atoms with Gasteiger partial charge in [-0.25, -0.2) is 16.8 Å². The van der Waals surface area contributed by atoms with E-state index < -0.39 is 137 Å². The number of ether oxygens (including phenoxy) is 1. The number of nitrogens with one attached hydrogen (secondary N) is 1. The zero-order valence-electron chi connectivity index (χ0n) is 75.0. The van der Waals surface area contributed by atoms with E-state index in [9.17, 15) is 97.0 Å². The van der Waals surface area contributed by atoms with Crippen molar-refractivity contribution in [2.75, 3.05) is 65.5 Å². The fraction of sp³-hybridized carbons (Fsp3) is 0.465. The van der Waals surface area contributed by atoms with Crippen molar-refractivity contribution in [3.05, 3.63) is 177 Å². The van der Waals surface area contributed by atoms with Crippen LogP contribution in [0.25, 0.3) is 21.5 Å². The Morgan fingerprint density at radius 2 is 1.01 bits per heavy atom. The Hall–Kier alpha value is -9.66. The number of esters is 1. The Morgan fingerprint density at radius 3 is 1.52 bits per heavy atom. The first-order chi connectivity index (χ1) is 60.8. The van der Waals surface area contributed by atoms with E-state index in [1.54, 1.807) is 76.2 Å². The Kier molecular flexibility index (Phi) is 38.0. The molecule has 0 bridgehead atoms. The molecule has 0 aliphatic carbocycles. The van der Waals surface area contributed by atoms with Gasteiger partial charge in [-0.1, -0.05) is 71.0 Å². The van der Waals surface area contributed by atoms with Crippen molar-refractivity contribution in [3.63, 3.8) is 0 Å². The number of anilines is 2. The van der Waals surface area contributed by atoms with Crippen molar-refractivity contribution in [3.8, 4) is 0 Å². The summed E-state index contributed by atoms with van der Waals surface area (Å²) < 4.78 is 292. The molecular weight excluding hydrogens is 1900 g/mol. The van der Waals surface area contributed by atoms with Crippen LogP contribution >= 0.6 is 0 Å². The predicted octanol–water partition coefficient (Wildman–Crippen LogP) is 10.6. The van der Waals surface area contributed by atoms with E-state index >= 15 is 0 Å². The largest absolute Gasteiger partial charge is 0.748 e. The van der Waals surface area contributed by atoms with Crippen LogP contribution in [0.5, 0.6) is 0 Å². The number of carbonyl (C=O) groups is 4. The van der Waals surface area contributed by atoms with Gasteiger partial charge in [0.25, 0.3) is 46.4 Å². The van der Waals surface area contributed by atoms with Crippen LogP contribution in [0.2, 0.25) is 0 Å². The zero-order chi connectivity index (χ0) is 99.9. The molecule has 0 fully saturated rings. The lowest BCUT2D eigenvalue weighted by atomic mass is 9.75. The minimum absolute atomic E-state index is 0.0000531. The van der Waals surface area contributed by atoms with Gasteiger partial charge in [-0.15, -0.1) is 37.9 Å². The van der Waals surface area contributed by atoms with Gasteiger partial charge in [0, 0.05) is 143 Å². The monoisotopic (exact) mass is 2010 g/mol. The third kappa shape index (κ3) is 29.2. The third-order valence-corrected chi connectivity index (χ3v) is 27.4. The summed E-state index contributed by atoms with van der Waals surface area (Å²) in [5.41, 5.74) is 6.86. The number of benzene rings is 6. The molecule has 0 aromatic heterocycles. The van der Waals surface area contributed by atoms with Crippen LogP contribution < -0.4 is 15.1 Å². The van der Waals surface area contributed by atoms with Gasteiger partial charge in [-0.3, -0.25) is 37.4 Å². The molecule has 4 aliphatic heterocycles. The van der Waals surface area contributed by atoms with Gasteiger partial charge < -0.3 is 29.0 Å². The van der Waals surface area contributed by atoms with E-state index in [4.69, 9.17) is 42.6 Å². The number of nitrogens with zero attached hydrogens (tertiary/aromatic N) is 4. The normalized spacial score (nSPS) is 16.7. The van der Waals surface area contributed by atoms with E-state index in [1.807, 2.05) is 126 Å². The number of hydrogen-bond donors (Lipinski definition) is 5. The summed E-state index contributed by atoms with van der Waals surface area (Å²) in [6, 6.07) is 23.2. The summed E-state index contributed by atoms with van der Waals surface area (Å²) in [6.07, 6.45) is 13.9. The van der Waals surface area contributed by atoms with E-state index in [0.29, 0.717) is 106 Å². The molecule has 6 aromatic carbocycles. The Labute approximate surface area is 774 Å². The maximum Gasteiger partial charge on any atom is 0.425 e. The molecule has 0 spiro atoms.